The molecule has 0 aliphatic carbocycles. The van der Waals surface area contributed by atoms with Crippen molar-refractivity contribution in [1.29, 1.82) is 0 Å². The van der Waals surface area contributed by atoms with Crippen LogP contribution in [0.25, 0.3) is 16.9 Å². The van der Waals surface area contributed by atoms with Gasteiger partial charge in [0, 0.05) is 5.56 Å². The number of para-hydroxylation sites is 1. The zero-order valence-corrected chi connectivity index (χ0v) is 17.4. The van der Waals surface area contributed by atoms with Crippen molar-refractivity contribution in [3.63, 3.8) is 0 Å². The number of hydrazone groups is 1. The predicted octanol–water partition coefficient (Wildman–Crippen LogP) is 4.52. The van der Waals surface area contributed by atoms with Crippen molar-refractivity contribution in [2.75, 3.05) is 6.61 Å². The second kappa shape index (κ2) is 9.70. The molecule has 6 nitrogen and oxygen atoms in total. The molecule has 32 heavy (non-hydrogen) atoms. The van der Waals surface area contributed by atoms with Gasteiger partial charge in [-0.25, -0.2) is 14.5 Å². The summed E-state index contributed by atoms with van der Waals surface area (Å²) in [6.45, 7) is 1.72. The lowest BCUT2D eigenvalue weighted by Gasteiger charge is -2.13. The molecule has 0 aliphatic rings. The van der Waals surface area contributed by atoms with Crippen LogP contribution in [0.15, 0.2) is 90.2 Å². The maximum Gasteiger partial charge on any atom is 0.277 e. The van der Waals surface area contributed by atoms with E-state index in [4.69, 9.17) is 4.74 Å². The number of nitrogens with zero attached hydrogens (tertiary/aromatic N) is 3. The number of nitrogens with one attached hydrogen (secondary N) is 1. The Kier molecular flexibility index (Phi) is 6.36. The fraction of sp³-hybridized carbons (Fsp3) is 0.0800. The fourth-order valence-electron chi connectivity index (χ4n) is 3.12. The number of ether oxygens (including phenoxy) is 1. The first kappa shape index (κ1) is 21.0. The van der Waals surface area contributed by atoms with Crippen LogP contribution in [0.1, 0.15) is 11.1 Å². The lowest BCUT2D eigenvalue weighted by atomic mass is 10.1. The van der Waals surface area contributed by atoms with E-state index in [0.29, 0.717) is 17.0 Å². The minimum absolute atomic E-state index is 0.274. The highest BCUT2D eigenvalue weighted by Crippen LogP contribution is 2.32. The quantitative estimate of drug-likeness (QED) is 0.348. The Balaban J connectivity index is 1.47. The first-order chi connectivity index (χ1) is 15.6. The van der Waals surface area contributed by atoms with Gasteiger partial charge >= 0.3 is 0 Å². The molecule has 1 aromatic heterocycles. The molecule has 0 aliphatic heterocycles. The Hall–Kier alpha value is -4.26. The fourth-order valence-corrected chi connectivity index (χ4v) is 3.12. The Morgan fingerprint density at radius 2 is 1.88 bits per heavy atom. The molecule has 0 unspecified atom stereocenters. The number of halogens is 1. The van der Waals surface area contributed by atoms with Crippen LogP contribution >= 0.6 is 0 Å². The van der Waals surface area contributed by atoms with Gasteiger partial charge in [0.25, 0.3) is 5.91 Å². The van der Waals surface area contributed by atoms with Crippen LogP contribution in [0.3, 0.4) is 0 Å². The molecule has 160 valence electrons. The number of aromatic nitrogens is 2. The molecule has 4 rings (SSSR count). The van der Waals surface area contributed by atoms with Crippen molar-refractivity contribution in [1.82, 2.24) is 15.2 Å². The lowest BCUT2D eigenvalue weighted by Crippen LogP contribution is -2.24. The van der Waals surface area contributed by atoms with E-state index < -0.39 is 11.7 Å². The number of carbonyl (C=O) groups is 1. The predicted molar refractivity (Wildman–Crippen MR) is 121 cm³/mol. The largest absolute Gasteiger partial charge is 0.483 e. The highest BCUT2D eigenvalue weighted by Gasteiger charge is 2.15. The molecule has 0 spiro atoms. The zero-order valence-electron chi connectivity index (χ0n) is 17.4. The number of rotatable bonds is 7. The summed E-state index contributed by atoms with van der Waals surface area (Å²) >= 11 is 0. The summed E-state index contributed by atoms with van der Waals surface area (Å²) in [6, 6.07) is 23.1. The summed E-state index contributed by atoms with van der Waals surface area (Å²) in [4.78, 5) is 12.2. The Labute approximate surface area is 185 Å². The van der Waals surface area contributed by atoms with E-state index in [1.807, 2.05) is 61.5 Å². The SMILES string of the molecule is Cc1ccc(/C=N/NC(=O)COc2ccc(F)cc2-c2ccnn2-c2ccccc2)cc1. The molecule has 0 radical (unpaired) electrons. The van der Waals surface area contributed by atoms with E-state index >= 15 is 0 Å². The van der Waals surface area contributed by atoms with Gasteiger partial charge in [0.05, 0.1) is 23.8 Å². The maximum absolute atomic E-state index is 14.0. The number of benzene rings is 3. The highest BCUT2D eigenvalue weighted by atomic mass is 19.1. The van der Waals surface area contributed by atoms with Crippen molar-refractivity contribution in [2.24, 2.45) is 5.10 Å². The molecule has 0 fully saturated rings. The van der Waals surface area contributed by atoms with Gasteiger partial charge in [-0.05, 0) is 48.9 Å². The molecule has 4 aromatic rings. The number of aryl methyl sites for hydroxylation is 1. The van der Waals surface area contributed by atoms with E-state index in [9.17, 15) is 9.18 Å². The number of carbonyl (C=O) groups excluding carboxylic acids is 1. The smallest absolute Gasteiger partial charge is 0.277 e. The third kappa shape index (κ3) is 5.07. The summed E-state index contributed by atoms with van der Waals surface area (Å²) in [7, 11) is 0. The van der Waals surface area contributed by atoms with Gasteiger partial charge in [0.1, 0.15) is 11.6 Å². The number of hydrogen-bond donors (Lipinski definition) is 1. The Bertz CT molecular complexity index is 1230. The molecule has 0 saturated carbocycles. The van der Waals surface area contributed by atoms with Crippen LogP contribution in [0.2, 0.25) is 0 Å². The zero-order chi connectivity index (χ0) is 22.3. The van der Waals surface area contributed by atoms with Crippen molar-refractivity contribution < 1.29 is 13.9 Å². The minimum Gasteiger partial charge on any atom is -0.483 e. The molecule has 1 N–H and O–H groups in total. The molecular formula is C25H21FN4O2. The average molecular weight is 428 g/mol. The summed E-state index contributed by atoms with van der Waals surface area (Å²) in [5.41, 5.74) is 6.40. The van der Waals surface area contributed by atoms with E-state index in [2.05, 4.69) is 15.6 Å². The van der Waals surface area contributed by atoms with Gasteiger partial charge in [0.2, 0.25) is 0 Å². The van der Waals surface area contributed by atoms with Crippen molar-refractivity contribution >= 4 is 12.1 Å². The molecule has 7 heteroatoms. The Morgan fingerprint density at radius 1 is 1.09 bits per heavy atom. The third-order valence-corrected chi connectivity index (χ3v) is 4.70. The summed E-state index contributed by atoms with van der Waals surface area (Å²) in [5, 5.41) is 8.29. The summed E-state index contributed by atoms with van der Waals surface area (Å²) in [6.07, 6.45) is 3.18. The standard InChI is InChI=1S/C25H21FN4O2/c1-18-7-9-19(10-8-18)16-27-29-25(31)17-32-24-12-11-20(26)15-22(24)23-13-14-28-30(23)21-5-3-2-4-6-21/h2-16H,17H2,1H3,(H,29,31)/b27-16+. The van der Waals surface area contributed by atoms with Crippen LogP contribution in [0.5, 0.6) is 5.75 Å². The normalized spacial score (nSPS) is 10.9. The molecule has 1 amide bonds. The third-order valence-electron chi connectivity index (χ3n) is 4.70. The van der Waals surface area contributed by atoms with Gasteiger partial charge in [-0.3, -0.25) is 4.79 Å². The van der Waals surface area contributed by atoms with Crippen molar-refractivity contribution in [3.8, 4) is 22.7 Å². The molecule has 0 saturated heterocycles. The molecule has 0 atom stereocenters. The van der Waals surface area contributed by atoms with E-state index in [0.717, 1.165) is 16.8 Å². The van der Waals surface area contributed by atoms with Gasteiger partial charge in [0.15, 0.2) is 6.61 Å². The summed E-state index contributed by atoms with van der Waals surface area (Å²) < 4.78 is 21.4. The average Bonchev–Trinajstić information content (AvgIpc) is 3.30. The van der Waals surface area contributed by atoms with Crippen LogP contribution in [0.4, 0.5) is 4.39 Å². The van der Waals surface area contributed by atoms with Crippen LogP contribution in [-0.2, 0) is 4.79 Å². The second-order valence-electron chi connectivity index (χ2n) is 7.10. The van der Waals surface area contributed by atoms with Crippen LogP contribution in [-0.4, -0.2) is 28.5 Å². The van der Waals surface area contributed by atoms with E-state index in [1.54, 1.807) is 23.2 Å². The minimum atomic E-state index is -0.430. The van der Waals surface area contributed by atoms with E-state index in [-0.39, 0.29) is 6.61 Å². The Morgan fingerprint density at radius 3 is 2.66 bits per heavy atom. The van der Waals surface area contributed by atoms with Gasteiger partial charge in [-0.1, -0.05) is 48.0 Å². The topological polar surface area (TPSA) is 68.5 Å². The van der Waals surface area contributed by atoms with Crippen molar-refractivity contribution in [2.45, 2.75) is 6.92 Å². The van der Waals surface area contributed by atoms with Crippen LogP contribution < -0.4 is 10.2 Å². The second-order valence-corrected chi connectivity index (χ2v) is 7.10. The first-order valence-electron chi connectivity index (χ1n) is 10.0. The van der Waals surface area contributed by atoms with Crippen LogP contribution in [0, 0.1) is 12.7 Å². The molecule has 0 bridgehead atoms. The maximum atomic E-state index is 14.0. The molecule has 3 aromatic carbocycles. The lowest BCUT2D eigenvalue weighted by molar-refractivity contribution is -0.123. The number of amides is 1. The monoisotopic (exact) mass is 428 g/mol. The summed E-state index contributed by atoms with van der Waals surface area (Å²) in [5.74, 6) is -0.484. The van der Waals surface area contributed by atoms with Crippen molar-refractivity contribution in [3.05, 3.63) is 102 Å². The first-order valence-corrected chi connectivity index (χ1v) is 10.0. The van der Waals surface area contributed by atoms with Gasteiger partial charge < -0.3 is 4.74 Å². The molecule has 1 heterocycles. The van der Waals surface area contributed by atoms with Gasteiger partial charge in [-0.2, -0.15) is 10.2 Å². The van der Waals surface area contributed by atoms with E-state index in [1.165, 1.54) is 18.2 Å². The highest BCUT2D eigenvalue weighted by molar-refractivity contribution is 5.83. The molecular weight excluding hydrogens is 407 g/mol. The van der Waals surface area contributed by atoms with Gasteiger partial charge in [-0.15, -0.1) is 0 Å². The number of hydrogen-bond acceptors (Lipinski definition) is 4.